The number of carbonyl (C=O) groups excluding carboxylic acids is 2. The largest absolute Gasteiger partial charge is 0.497 e. The average Bonchev–Trinajstić information content (AvgIpc) is 3.19. The molecule has 24 heavy (non-hydrogen) atoms. The molecular formula is C16H12N2O4S2. The van der Waals surface area contributed by atoms with Gasteiger partial charge in [-0.2, -0.15) is 5.01 Å². The second-order valence-corrected chi connectivity index (χ2v) is 6.38. The van der Waals surface area contributed by atoms with Crippen LogP contribution in [0.4, 0.5) is 0 Å². The Hall–Kier alpha value is -2.58. The first-order valence-electron chi connectivity index (χ1n) is 6.85. The van der Waals surface area contributed by atoms with Gasteiger partial charge in [-0.15, -0.1) is 0 Å². The third kappa shape index (κ3) is 3.34. The quantitative estimate of drug-likeness (QED) is 0.668. The van der Waals surface area contributed by atoms with Crippen LogP contribution >= 0.6 is 24.0 Å². The normalized spacial score (nSPS) is 15.9. The Kier molecular flexibility index (Phi) is 4.68. The van der Waals surface area contributed by atoms with Crippen LogP contribution in [0.3, 0.4) is 0 Å². The number of methoxy groups -OCH3 is 1. The number of nitrogens with one attached hydrogen (secondary N) is 1. The lowest BCUT2D eigenvalue weighted by Gasteiger charge is -2.15. The van der Waals surface area contributed by atoms with Gasteiger partial charge < -0.3 is 9.15 Å². The summed E-state index contributed by atoms with van der Waals surface area (Å²) >= 11 is 6.26. The maximum Gasteiger partial charge on any atom is 0.285 e. The van der Waals surface area contributed by atoms with Crippen LogP contribution in [0.25, 0.3) is 6.08 Å². The van der Waals surface area contributed by atoms with Crippen LogP contribution < -0.4 is 10.2 Å². The summed E-state index contributed by atoms with van der Waals surface area (Å²) in [6, 6.07) is 9.97. The number of hydrogen-bond donors (Lipinski definition) is 1. The molecule has 1 fully saturated rings. The van der Waals surface area contributed by atoms with Gasteiger partial charge in [0, 0.05) is 11.6 Å². The Morgan fingerprint density at radius 1 is 1.33 bits per heavy atom. The van der Waals surface area contributed by atoms with Gasteiger partial charge in [-0.3, -0.25) is 15.0 Å². The van der Waals surface area contributed by atoms with Gasteiger partial charge >= 0.3 is 0 Å². The first kappa shape index (κ1) is 16.3. The van der Waals surface area contributed by atoms with Crippen LogP contribution in [-0.2, 0) is 4.79 Å². The fourth-order valence-electron chi connectivity index (χ4n) is 1.98. The van der Waals surface area contributed by atoms with Crippen molar-refractivity contribution >= 4 is 46.2 Å². The summed E-state index contributed by atoms with van der Waals surface area (Å²) in [5.74, 6) is 0.340. The molecule has 1 saturated heterocycles. The van der Waals surface area contributed by atoms with E-state index in [1.807, 2.05) is 0 Å². The van der Waals surface area contributed by atoms with Crippen LogP contribution in [0.1, 0.15) is 16.1 Å². The number of ether oxygens (including phenoxy) is 1. The number of rotatable bonds is 4. The van der Waals surface area contributed by atoms with E-state index in [1.165, 1.54) is 6.26 Å². The average molecular weight is 360 g/mol. The molecule has 122 valence electrons. The van der Waals surface area contributed by atoms with Gasteiger partial charge in [0.05, 0.1) is 18.3 Å². The minimum atomic E-state index is -0.437. The predicted octanol–water partition coefficient (Wildman–Crippen LogP) is 2.83. The Bertz CT molecular complexity index is 813. The highest BCUT2D eigenvalue weighted by Gasteiger charge is 2.34. The van der Waals surface area contributed by atoms with Crippen LogP contribution in [0.2, 0.25) is 0 Å². The zero-order valence-corrected chi connectivity index (χ0v) is 14.1. The lowest BCUT2D eigenvalue weighted by molar-refractivity contribution is -0.123. The van der Waals surface area contributed by atoms with Crippen molar-refractivity contribution in [2.45, 2.75) is 0 Å². The molecule has 1 N–H and O–H groups in total. The van der Waals surface area contributed by atoms with E-state index in [-0.39, 0.29) is 4.32 Å². The van der Waals surface area contributed by atoms with E-state index in [0.717, 1.165) is 16.8 Å². The molecule has 0 radical (unpaired) electrons. The number of carbonyl (C=O) groups is 2. The summed E-state index contributed by atoms with van der Waals surface area (Å²) in [7, 11) is 1.54. The summed E-state index contributed by atoms with van der Waals surface area (Å²) < 4.78 is 10.5. The van der Waals surface area contributed by atoms with Crippen LogP contribution in [0, 0.1) is 0 Å². The van der Waals surface area contributed by atoms with Crippen molar-refractivity contribution < 1.29 is 18.7 Å². The predicted molar refractivity (Wildman–Crippen MR) is 94.2 cm³/mol. The Labute approximate surface area is 147 Å². The van der Waals surface area contributed by atoms with Crippen molar-refractivity contribution in [2.24, 2.45) is 0 Å². The molecule has 0 spiro atoms. The topological polar surface area (TPSA) is 71.8 Å². The Morgan fingerprint density at radius 2 is 2.08 bits per heavy atom. The number of nitrogens with zero attached hydrogens (tertiary/aromatic N) is 1. The summed E-state index contributed by atoms with van der Waals surface area (Å²) in [5, 5.41) is 1.06. The number of amides is 2. The minimum absolute atomic E-state index is 0.250. The van der Waals surface area contributed by atoms with E-state index >= 15 is 0 Å². The Balaban J connectivity index is 1.73. The third-order valence-electron chi connectivity index (χ3n) is 3.18. The molecule has 1 aliphatic rings. The summed E-state index contributed by atoms with van der Waals surface area (Å²) in [4.78, 5) is 25.0. The van der Waals surface area contributed by atoms with Gasteiger partial charge in [0.15, 0.2) is 4.32 Å². The van der Waals surface area contributed by atoms with Crippen molar-refractivity contribution in [1.82, 2.24) is 10.4 Å². The fraction of sp³-hybridized carbons (Fsp3) is 0.0625. The van der Waals surface area contributed by atoms with Crippen molar-refractivity contribution in [1.29, 1.82) is 0 Å². The van der Waals surface area contributed by atoms with Gasteiger partial charge in [0.25, 0.3) is 11.8 Å². The van der Waals surface area contributed by atoms with Gasteiger partial charge in [-0.05, 0) is 48.6 Å². The third-order valence-corrected chi connectivity index (χ3v) is 4.48. The van der Waals surface area contributed by atoms with Crippen molar-refractivity contribution in [3.63, 3.8) is 0 Å². The number of hydrogen-bond acceptors (Lipinski definition) is 6. The second kappa shape index (κ2) is 6.90. The molecule has 0 atom stereocenters. The lowest BCUT2D eigenvalue weighted by Crippen LogP contribution is -2.44. The van der Waals surface area contributed by atoms with Crippen molar-refractivity contribution in [2.75, 3.05) is 7.11 Å². The van der Waals surface area contributed by atoms with Crippen molar-refractivity contribution in [3.8, 4) is 5.75 Å². The van der Waals surface area contributed by atoms with E-state index in [4.69, 9.17) is 21.4 Å². The molecular weight excluding hydrogens is 348 g/mol. The van der Waals surface area contributed by atoms with Gasteiger partial charge in [0.1, 0.15) is 11.5 Å². The molecule has 2 aromatic rings. The van der Waals surface area contributed by atoms with Crippen molar-refractivity contribution in [3.05, 3.63) is 58.9 Å². The first-order valence-corrected chi connectivity index (χ1v) is 8.07. The monoisotopic (exact) mass is 360 g/mol. The number of furan rings is 1. The molecule has 8 heteroatoms. The first-order chi connectivity index (χ1) is 11.6. The molecule has 2 heterocycles. The molecule has 1 aromatic heterocycles. The SMILES string of the molecule is COc1ccc(C(=O)NN2C(=O)/C(=C\c3ccco3)SC2=S)cc1. The summed E-state index contributed by atoms with van der Waals surface area (Å²) in [5.41, 5.74) is 2.90. The summed E-state index contributed by atoms with van der Waals surface area (Å²) in [6.45, 7) is 0. The van der Waals surface area contributed by atoms with Gasteiger partial charge in [-0.1, -0.05) is 11.8 Å². The standard InChI is InChI=1S/C16H12N2O4S2/c1-21-11-6-4-10(5-7-11)14(19)17-18-15(20)13(24-16(18)23)9-12-3-2-8-22-12/h2-9H,1H3,(H,17,19)/b13-9+. The molecule has 0 saturated carbocycles. The zero-order chi connectivity index (χ0) is 17.1. The smallest absolute Gasteiger partial charge is 0.285 e. The minimum Gasteiger partial charge on any atom is -0.497 e. The number of thiocarbonyl (C=S) groups is 1. The molecule has 2 amide bonds. The number of hydrazine groups is 1. The van der Waals surface area contributed by atoms with E-state index in [1.54, 1.807) is 49.6 Å². The zero-order valence-electron chi connectivity index (χ0n) is 12.5. The highest BCUT2D eigenvalue weighted by Crippen LogP contribution is 2.31. The number of benzene rings is 1. The summed E-state index contributed by atoms with van der Waals surface area (Å²) in [6.07, 6.45) is 3.09. The van der Waals surface area contributed by atoms with Crippen LogP contribution in [0.5, 0.6) is 5.75 Å². The van der Waals surface area contributed by atoms with Gasteiger partial charge in [0.2, 0.25) is 0 Å². The van der Waals surface area contributed by atoms with Crippen LogP contribution in [-0.4, -0.2) is 28.3 Å². The van der Waals surface area contributed by atoms with E-state index < -0.39 is 11.8 Å². The van der Waals surface area contributed by atoms with Gasteiger partial charge in [-0.25, -0.2) is 0 Å². The van der Waals surface area contributed by atoms with E-state index in [9.17, 15) is 9.59 Å². The van der Waals surface area contributed by atoms with Crippen LogP contribution in [0.15, 0.2) is 52.0 Å². The fourth-order valence-corrected chi connectivity index (χ4v) is 3.13. The maximum absolute atomic E-state index is 12.4. The van der Waals surface area contributed by atoms with E-state index in [2.05, 4.69) is 5.43 Å². The lowest BCUT2D eigenvalue weighted by atomic mass is 10.2. The highest BCUT2D eigenvalue weighted by molar-refractivity contribution is 8.26. The number of thioether (sulfide) groups is 1. The second-order valence-electron chi connectivity index (χ2n) is 4.70. The molecule has 0 bridgehead atoms. The Morgan fingerprint density at radius 3 is 2.71 bits per heavy atom. The molecule has 0 unspecified atom stereocenters. The molecule has 1 aromatic carbocycles. The molecule has 0 aliphatic carbocycles. The maximum atomic E-state index is 12.4. The molecule has 1 aliphatic heterocycles. The van der Waals surface area contributed by atoms with E-state index in [0.29, 0.717) is 22.0 Å². The highest BCUT2D eigenvalue weighted by atomic mass is 32.2. The molecule has 3 rings (SSSR count). The molecule has 6 nitrogen and oxygen atoms in total.